The summed E-state index contributed by atoms with van der Waals surface area (Å²) in [6, 6.07) is 56.5. The number of thiophene rings is 2. The lowest BCUT2D eigenvalue weighted by molar-refractivity contribution is 0.669. The zero-order valence-corrected chi connectivity index (χ0v) is 29.8. The zero-order chi connectivity index (χ0) is 34.6. The fourth-order valence-corrected chi connectivity index (χ4v) is 10.3. The van der Waals surface area contributed by atoms with Crippen LogP contribution in [-0.4, -0.2) is 9.97 Å². The molecule has 0 amide bonds. The Morgan fingerprint density at radius 1 is 0.358 bits per heavy atom. The predicted molar refractivity (Wildman–Crippen MR) is 226 cm³/mol. The van der Waals surface area contributed by atoms with Crippen molar-refractivity contribution in [3.63, 3.8) is 0 Å². The van der Waals surface area contributed by atoms with Gasteiger partial charge in [-0.15, -0.1) is 22.7 Å². The molecule has 0 radical (unpaired) electrons. The van der Waals surface area contributed by atoms with Crippen LogP contribution in [0, 0.1) is 0 Å². The number of furan rings is 1. The lowest BCUT2D eigenvalue weighted by atomic mass is 10.0. The highest BCUT2D eigenvalue weighted by atomic mass is 32.1. The standard InChI is InChI=1S/C48H26N2OS2/c1-2-8-27(9-3-1)38-26-39(32-15-18-42-34(22-32)35-20-28-10-4-6-12-30(28)24-44(35)52-42)50-48(49-38)33-14-16-40-36(23-33)46-41(51-40)17-19-43-47(46)37-21-29-11-5-7-13-31(29)25-45(37)53-43/h1-26H. The molecule has 53 heavy (non-hydrogen) atoms. The molecule has 0 bridgehead atoms. The Hall–Kier alpha value is -6.40. The molecular formula is C48H26N2OS2. The van der Waals surface area contributed by atoms with Gasteiger partial charge in [0, 0.05) is 67.8 Å². The maximum absolute atomic E-state index is 6.50. The molecule has 8 aromatic carbocycles. The first kappa shape index (κ1) is 29.2. The summed E-state index contributed by atoms with van der Waals surface area (Å²) in [5.41, 5.74) is 6.61. The second kappa shape index (κ2) is 11.1. The van der Waals surface area contributed by atoms with Gasteiger partial charge in [0.2, 0.25) is 0 Å². The summed E-state index contributed by atoms with van der Waals surface area (Å²) in [5, 5.41) is 12.3. The van der Waals surface area contributed by atoms with Crippen LogP contribution in [-0.2, 0) is 0 Å². The van der Waals surface area contributed by atoms with Gasteiger partial charge in [0.05, 0.1) is 11.4 Å². The molecule has 0 unspecified atom stereocenters. The van der Waals surface area contributed by atoms with E-state index in [1.807, 2.05) is 28.7 Å². The molecule has 0 spiro atoms. The van der Waals surface area contributed by atoms with Crippen LogP contribution in [0.4, 0.5) is 0 Å². The van der Waals surface area contributed by atoms with Crippen molar-refractivity contribution in [1.29, 1.82) is 0 Å². The Kier molecular flexibility index (Phi) is 6.09. The van der Waals surface area contributed by atoms with Crippen LogP contribution < -0.4 is 0 Å². The maximum atomic E-state index is 6.50. The molecule has 4 heterocycles. The molecule has 0 fully saturated rings. The van der Waals surface area contributed by atoms with Crippen molar-refractivity contribution in [3.8, 4) is 33.9 Å². The highest BCUT2D eigenvalue weighted by Gasteiger charge is 2.18. The van der Waals surface area contributed by atoms with Crippen molar-refractivity contribution < 1.29 is 4.42 Å². The molecule has 0 N–H and O–H groups in total. The van der Waals surface area contributed by atoms with Crippen LogP contribution in [0.15, 0.2) is 162 Å². The molecule has 0 atom stereocenters. The molecular weight excluding hydrogens is 685 g/mol. The van der Waals surface area contributed by atoms with Gasteiger partial charge in [-0.1, -0.05) is 84.9 Å². The largest absolute Gasteiger partial charge is 0.456 e. The van der Waals surface area contributed by atoms with Gasteiger partial charge in [-0.05, 0) is 94.3 Å². The molecule has 246 valence electrons. The summed E-state index contributed by atoms with van der Waals surface area (Å²) in [6.45, 7) is 0. The Labute approximate surface area is 311 Å². The zero-order valence-electron chi connectivity index (χ0n) is 28.1. The second-order valence-corrected chi connectivity index (χ2v) is 15.9. The third-order valence-electron chi connectivity index (χ3n) is 10.6. The summed E-state index contributed by atoms with van der Waals surface area (Å²) >= 11 is 3.68. The molecule has 0 aliphatic heterocycles. The summed E-state index contributed by atoms with van der Waals surface area (Å²) in [6.07, 6.45) is 0. The van der Waals surface area contributed by atoms with E-state index in [1.54, 1.807) is 0 Å². The highest BCUT2D eigenvalue weighted by molar-refractivity contribution is 7.26. The van der Waals surface area contributed by atoms with Gasteiger partial charge in [-0.2, -0.15) is 0 Å². The summed E-state index contributed by atoms with van der Waals surface area (Å²) in [7, 11) is 0. The molecule has 4 aromatic heterocycles. The van der Waals surface area contributed by atoms with Crippen molar-refractivity contribution in [2.75, 3.05) is 0 Å². The van der Waals surface area contributed by atoms with E-state index in [0.717, 1.165) is 50.0 Å². The monoisotopic (exact) mass is 710 g/mol. The van der Waals surface area contributed by atoms with E-state index < -0.39 is 0 Å². The Balaban J connectivity index is 1.08. The first-order valence-electron chi connectivity index (χ1n) is 17.7. The molecule has 0 aliphatic rings. The van der Waals surface area contributed by atoms with Gasteiger partial charge in [0.15, 0.2) is 5.82 Å². The van der Waals surface area contributed by atoms with E-state index in [1.165, 1.54) is 61.9 Å². The quantitative estimate of drug-likeness (QED) is 0.183. The van der Waals surface area contributed by atoms with E-state index in [4.69, 9.17) is 14.4 Å². The highest BCUT2D eigenvalue weighted by Crippen LogP contribution is 2.45. The average molecular weight is 711 g/mol. The van der Waals surface area contributed by atoms with Crippen LogP contribution >= 0.6 is 22.7 Å². The first-order chi connectivity index (χ1) is 26.2. The Morgan fingerprint density at radius 2 is 0.925 bits per heavy atom. The lowest BCUT2D eigenvalue weighted by Crippen LogP contribution is -1.96. The van der Waals surface area contributed by atoms with E-state index >= 15 is 0 Å². The maximum Gasteiger partial charge on any atom is 0.160 e. The minimum absolute atomic E-state index is 0.687. The molecule has 0 saturated carbocycles. The van der Waals surface area contributed by atoms with E-state index in [2.05, 4.69) is 152 Å². The molecule has 12 aromatic rings. The van der Waals surface area contributed by atoms with E-state index in [9.17, 15) is 0 Å². The van der Waals surface area contributed by atoms with Crippen LogP contribution in [0.3, 0.4) is 0 Å². The molecule has 12 rings (SSSR count). The van der Waals surface area contributed by atoms with Crippen molar-refractivity contribution >= 4 is 107 Å². The average Bonchev–Trinajstić information content (AvgIpc) is 3.88. The van der Waals surface area contributed by atoms with Gasteiger partial charge < -0.3 is 4.42 Å². The van der Waals surface area contributed by atoms with Crippen molar-refractivity contribution in [3.05, 3.63) is 158 Å². The SMILES string of the molecule is c1ccc(-c2cc(-c3ccc4sc5cc6ccccc6cc5c4c3)nc(-c3ccc4oc5ccc6sc7cc8ccccc8cc7c6c5c4c3)n2)cc1. The smallest absolute Gasteiger partial charge is 0.160 e. The van der Waals surface area contributed by atoms with Crippen LogP contribution in [0.5, 0.6) is 0 Å². The van der Waals surface area contributed by atoms with Crippen molar-refractivity contribution in [2.45, 2.75) is 0 Å². The van der Waals surface area contributed by atoms with Gasteiger partial charge in [-0.3, -0.25) is 0 Å². The number of rotatable bonds is 3. The third-order valence-corrected chi connectivity index (χ3v) is 12.9. The van der Waals surface area contributed by atoms with Gasteiger partial charge >= 0.3 is 0 Å². The number of benzene rings is 8. The minimum Gasteiger partial charge on any atom is -0.456 e. The summed E-state index contributed by atoms with van der Waals surface area (Å²) < 4.78 is 11.6. The Morgan fingerprint density at radius 3 is 1.70 bits per heavy atom. The van der Waals surface area contributed by atoms with Crippen LogP contribution in [0.25, 0.3) is 118 Å². The van der Waals surface area contributed by atoms with Gasteiger partial charge in [-0.25, -0.2) is 9.97 Å². The van der Waals surface area contributed by atoms with Crippen molar-refractivity contribution in [2.24, 2.45) is 0 Å². The number of fused-ring (bicyclic) bond motifs is 12. The normalized spacial score (nSPS) is 12.2. The topological polar surface area (TPSA) is 38.9 Å². The van der Waals surface area contributed by atoms with E-state index in [0.29, 0.717) is 5.82 Å². The van der Waals surface area contributed by atoms with Gasteiger partial charge in [0.25, 0.3) is 0 Å². The number of hydrogen-bond donors (Lipinski definition) is 0. The molecule has 0 aliphatic carbocycles. The van der Waals surface area contributed by atoms with Crippen LogP contribution in [0.1, 0.15) is 0 Å². The first-order valence-corrected chi connectivity index (χ1v) is 19.3. The number of nitrogens with zero attached hydrogens (tertiary/aromatic N) is 2. The number of hydrogen-bond acceptors (Lipinski definition) is 5. The minimum atomic E-state index is 0.687. The number of aromatic nitrogens is 2. The molecule has 3 nitrogen and oxygen atoms in total. The third kappa shape index (κ3) is 4.51. The lowest BCUT2D eigenvalue weighted by Gasteiger charge is -2.10. The van der Waals surface area contributed by atoms with Gasteiger partial charge in [0.1, 0.15) is 11.2 Å². The van der Waals surface area contributed by atoms with Crippen LogP contribution in [0.2, 0.25) is 0 Å². The second-order valence-electron chi connectivity index (χ2n) is 13.8. The molecule has 0 saturated heterocycles. The fraction of sp³-hybridized carbons (Fsp3) is 0. The fourth-order valence-electron chi connectivity index (χ4n) is 8.06. The summed E-state index contributed by atoms with van der Waals surface area (Å²) in [5.74, 6) is 0.687. The van der Waals surface area contributed by atoms with Crippen molar-refractivity contribution in [1.82, 2.24) is 9.97 Å². The summed E-state index contributed by atoms with van der Waals surface area (Å²) in [4.78, 5) is 10.5. The molecule has 5 heteroatoms. The van der Waals surface area contributed by atoms with E-state index in [-0.39, 0.29) is 0 Å². The predicted octanol–water partition coefficient (Wildman–Crippen LogP) is 14.4. The Bertz CT molecular complexity index is 3460.